The number of nitrogens with zero attached hydrogens (tertiary/aromatic N) is 1. The summed E-state index contributed by atoms with van der Waals surface area (Å²) in [6, 6.07) is 7.87. The van der Waals surface area contributed by atoms with E-state index in [1.54, 1.807) is 6.07 Å². The third-order valence-corrected chi connectivity index (χ3v) is 3.42. The standard InChI is InChI=1S/C14H15NO2/c1-9-2-5-11-7-13(14(16)17)15(12(11)6-9)8-10-3-4-10/h2,5-7,10H,3-4,8H2,1H3,(H,16,17). The molecule has 1 aromatic carbocycles. The van der Waals surface area contributed by atoms with Crippen molar-refractivity contribution in [2.24, 2.45) is 5.92 Å². The Morgan fingerprint density at radius 3 is 2.82 bits per heavy atom. The fourth-order valence-electron chi connectivity index (χ4n) is 2.30. The summed E-state index contributed by atoms with van der Waals surface area (Å²) in [5.41, 5.74) is 2.64. The van der Waals surface area contributed by atoms with Crippen molar-refractivity contribution in [2.75, 3.05) is 0 Å². The Morgan fingerprint density at radius 1 is 1.41 bits per heavy atom. The van der Waals surface area contributed by atoms with Gasteiger partial charge in [0.15, 0.2) is 0 Å². The minimum absolute atomic E-state index is 0.414. The number of aromatic nitrogens is 1. The summed E-state index contributed by atoms with van der Waals surface area (Å²) in [5.74, 6) is -0.163. The summed E-state index contributed by atoms with van der Waals surface area (Å²) in [5, 5.41) is 10.3. The lowest BCUT2D eigenvalue weighted by Crippen LogP contribution is -2.09. The number of carboxylic acids is 1. The van der Waals surface area contributed by atoms with Crippen LogP contribution in [0.2, 0.25) is 0 Å². The lowest BCUT2D eigenvalue weighted by atomic mass is 10.2. The lowest BCUT2D eigenvalue weighted by Gasteiger charge is -2.07. The zero-order chi connectivity index (χ0) is 12.0. The van der Waals surface area contributed by atoms with E-state index in [0.717, 1.165) is 17.4 Å². The van der Waals surface area contributed by atoms with E-state index in [4.69, 9.17) is 0 Å². The molecule has 88 valence electrons. The average Bonchev–Trinajstić information content (AvgIpc) is 3.01. The van der Waals surface area contributed by atoms with Crippen molar-refractivity contribution in [1.29, 1.82) is 0 Å². The lowest BCUT2D eigenvalue weighted by molar-refractivity contribution is 0.0685. The van der Waals surface area contributed by atoms with Gasteiger partial charge in [0.05, 0.1) is 0 Å². The quantitative estimate of drug-likeness (QED) is 0.878. The maximum atomic E-state index is 11.3. The van der Waals surface area contributed by atoms with Gasteiger partial charge in [-0.3, -0.25) is 0 Å². The molecule has 17 heavy (non-hydrogen) atoms. The molecule has 1 aromatic heterocycles. The van der Waals surface area contributed by atoms with E-state index < -0.39 is 5.97 Å². The Bertz CT molecular complexity index is 594. The van der Waals surface area contributed by atoms with Crippen LogP contribution in [0.25, 0.3) is 10.9 Å². The minimum atomic E-state index is -0.834. The predicted molar refractivity (Wildman–Crippen MR) is 66.4 cm³/mol. The second-order valence-corrected chi connectivity index (χ2v) is 4.95. The third-order valence-electron chi connectivity index (χ3n) is 3.42. The first kappa shape index (κ1) is 10.4. The van der Waals surface area contributed by atoms with Crippen molar-refractivity contribution in [3.05, 3.63) is 35.5 Å². The number of hydrogen-bond acceptors (Lipinski definition) is 1. The molecule has 1 fully saturated rings. The van der Waals surface area contributed by atoms with Crippen LogP contribution in [0.15, 0.2) is 24.3 Å². The Kier molecular flexibility index (Phi) is 2.21. The van der Waals surface area contributed by atoms with Crippen LogP contribution < -0.4 is 0 Å². The number of rotatable bonds is 3. The third kappa shape index (κ3) is 1.82. The molecule has 3 nitrogen and oxygen atoms in total. The zero-order valence-corrected chi connectivity index (χ0v) is 9.81. The van der Waals surface area contributed by atoms with Gasteiger partial charge in [0, 0.05) is 17.4 Å². The summed E-state index contributed by atoms with van der Waals surface area (Å²) in [4.78, 5) is 11.3. The van der Waals surface area contributed by atoms with Crippen LogP contribution in [-0.2, 0) is 6.54 Å². The van der Waals surface area contributed by atoms with Gasteiger partial charge in [-0.05, 0) is 43.4 Å². The molecule has 0 spiro atoms. The summed E-state index contributed by atoms with van der Waals surface area (Å²) in [6.07, 6.45) is 2.45. The molecule has 0 atom stereocenters. The highest BCUT2D eigenvalue weighted by Crippen LogP contribution is 2.33. The normalized spacial score (nSPS) is 15.4. The van der Waals surface area contributed by atoms with Crippen molar-refractivity contribution in [3.63, 3.8) is 0 Å². The average molecular weight is 229 g/mol. The van der Waals surface area contributed by atoms with Crippen molar-refractivity contribution in [2.45, 2.75) is 26.3 Å². The number of aromatic carboxylic acids is 1. The monoisotopic (exact) mass is 229 g/mol. The van der Waals surface area contributed by atoms with Gasteiger partial charge in [-0.15, -0.1) is 0 Å². The van der Waals surface area contributed by atoms with Crippen molar-refractivity contribution in [1.82, 2.24) is 4.57 Å². The van der Waals surface area contributed by atoms with E-state index in [0.29, 0.717) is 11.6 Å². The van der Waals surface area contributed by atoms with Crippen LogP contribution in [0.3, 0.4) is 0 Å². The highest BCUT2D eigenvalue weighted by molar-refractivity contribution is 5.94. The largest absolute Gasteiger partial charge is 0.477 e. The molecule has 1 aliphatic carbocycles. The van der Waals surface area contributed by atoms with E-state index in [-0.39, 0.29) is 0 Å². The Labute approximate surface area is 99.7 Å². The molecule has 0 unspecified atom stereocenters. The second kappa shape index (κ2) is 3.62. The topological polar surface area (TPSA) is 42.2 Å². The van der Waals surface area contributed by atoms with Gasteiger partial charge in [-0.2, -0.15) is 0 Å². The van der Waals surface area contributed by atoms with E-state index in [2.05, 4.69) is 6.07 Å². The van der Waals surface area contributed by atoms with Gasteiger partial charge in [0.1, 0.15) is 5.69 Å². The van der Waals surface area contributed by atoms with Crippen molar-refractivity contribution >= 4 is 16.9 Å². The smallest absolute Gasteiger partial charge is 0.352 e. The molecule has 0 aliphatic heterocycles. The number of hydrogen-bond donors (Lipinski definition) is 1. The number of fused-ring (bicyclic) bond motifs is 1. The maximum Gasteiger partial charge on any atom is 0.352 e. The van der Waals surface area contributed by atoms with Crippen molar-refractivity contribution in [3.8, 4) is 0 Å². The molecule has 2 aromatic rings. The summed E-state index contributed by atoms with van der Waals surface area (Å²) in [6.45, 7) is 2.88. The Balaban J connectivity index is 2.20. The number of benzene rings is 1. The molecule has 0 saturated heterocycles. The second-order valence-electron chi connectivity index (χ2n) is 4.95. The van der Waals surface area contributed by atoms with E-state index in [1.807, 2.05) is 23.6 Å². The molecule has 3 heteroatoms. The van der Waals surface area contributed by atoms with Crippen LogP contribution >= 0.6 is 0 Å². The van der Waals surface area contributed by atoms with Gasteiger partial charge >= 0.3 is 5.97 Å². The molecule has 1 aliphatic rings. The molecule has 0 bridgehead atoms. The number of carbonyl (C=O) groups is 1. The fraction of sp³-hybridized carbons (Fsp3) is 0.357. The first-order valence-corrected chi connectivity index (χ1v) is 5.98. The van der Waals surface area contributed by atoms with Gasteiger partial charge in [-0.25, -0.2) is 4.79 Å². The molecule has 1 saturated carbocycles. The van der Waals surface area contributed by atoms with Crippen LogP contribution in [0.1, 0.15) is 28.9 Å². The van der Waals surface area contributed by atoms with Crippen LogP contribution in [0, 0.1) is 12.8 Å². The molecule has 3 rings (SSSR count). The van der Waals surface area contributed by atoms with E-state index in [9.17, 15) is 9.90 Å². The first-order valence-electron chi connectivity index (χ1n) is 5.98. The predicted octanol–water partition coefficient (Wildman–Crippen LogP) is 3.06. The molecular formula is C14H15NO2. The van der Waals surface area contributed by atoms with Crippen LogP contribution in [-0.4, -0.2) is 15.6 Å². The van der Waals surface area contributed by atoms with Gasteiger partial charge in [-0.1, -0.05) is 12.1 Å². The molecule has 0 amide bonds. The van der Waals surface area contributed by atoms with E-state index in [1.165, 1.54) is 18.4 Å². The fourth-order valence-corrected chi connectivity index (χ4v) is 2.30. The van der Waals surface area contributed by atoms with E-state index >= 15 is 0 Å². The van der Waals surface area contributed by atoms with Crippen LogP contribution in [0.5, 0.6) is 0 Å². The summed E-state index contributed by atoms with van der Waals surface area (Å²) >= 11 is 0. The van der Waals surface area contributed by atoms with Gasteiger partial charge in [0.2, 0.25) is 0 Å². The Morgan fingerprint density at radius 2 is 2.18 bits per heavy atom. The minimum Gasteiger partial charge on any atom is -0.477 e. The molecule has 1 heterocycles. The molecular weight excluding hydrogens is 214 g/mol. The van der Waals surface area contributed by atoms with Gasteiger partial charge < -0.3 is 9.67 Å². The first-order chi connectivity index (χ1) is 8.15. The maximum absolute atomic E-state index is 11.3. The SMILES string of the molecule is Cc1ccc2cc(C(=O)O)n(CC3CC3)c2c1. The highest BCUT2D eigenvalue weighted by Gasteiger charge is 2.25. The Hall–Kier alpha value is -1.77. The number of aryl methyl sites for hydroxylation is 1. The number of carboxylic acid groups (broad SMARTS) is 1. The zero-order valence-electron chi connectivity index (χ0n) is 9.81. The van der Waals surface area contributed by atoms with Gasteiger partial charge in [0.25, 0.3) is 0 Å². The summed E-state index contributed by atoms with van der Waals surface area (Å²) in [7, 11) is 0. The summed E-state index contributed by atoms with van der Waals surface area (Å²) < 4.78 is 1.96. The molecule has 1 N–H and O–H groups in total. The van der Waals surface area contributed by atoms with Crippen LogP contribution in [0.4, 0.5) is 0 Å². The van der Waals surface area contributed by atoms with Crippen molar-refractivity contribution < 1.29 is 9.90 Å². The highest BCUT2D eigenvalue weighted by atomic mass is 16.4. The molecule has 0 radical (unpaired) electrons.